The molecule has 0 aliphatic rings. The van der Waals surface area contributed by atoms with Crippen LogP contribution in [0.5, 0.6) is 0 Å². The summed E-state index contributed by atoms with van der Waals surface area (Å²) in [5, 5.41) is 5.20. The quantitative estimate of drug-likeness (QED) is 0.493. The molecule has 5 nitrogen and oxygen atoms in total. The molecule has 1 heterocycles. The van der Waals surface area contributed by atoms with Crippen molar-refractivity contribution in [2.45, 2.75) is 6.92 Å². The molecule has 2 N–H and O–H groups in total. The maximum Gasteiger partial charge on any atom is 0.274 e. The van der Waals surface area contributed by atoms with E-state index in [9.17, 15) is 22.8 Å². The van der Waals surface area contributed by atoms with E-state index in [1.54, 1.807) is 30.3 Å². The second-order valence-corrected chi connectivity index (χ2v) is 5.87. The summed E-state index contributed by atoms with van der Waals surface area (Å²) < 4.78 is 39.8. The Balaban J connectivity index is 1.69. The molecule has 0 unspecified atom stereocenters. The SMILES string of the molecule is CC(=O)c1ccc(Nc2ccc(C(=O)Nc3ccc(F)c(F)c3F)nc2)cc1. The summed E-state index contributed by atoms with van der Waals surface area (Å²) in [6, 6.07) is 11.4. The molecule has 1 aromatic heterocycles. The van der Waals surface area contributed by atoms with E-state index in [-0.39, 0.29) is 11.5 Å². The molecule has 0 bridgehead atoms. The first kappa shape index (κ1) is 19.1. The summed E-state index contributed by atoms with van der Waals surface area (Å²) in [4.78, 5) is 27.4. The lowest BCUT2D eigenvalue weighted by atomic mass is 10.1. The molecule has 0 spiro atoms. The highest BCUT2D eigenvalue weighted by atomic mass is 19.2. The molecule has 0 atom stereocenters. The fourth-order valence-electron chi connectivity index (χ4n) is 2.37. The number of rotatable bonds is 5. The van der Waals surface area contributed by atoms with Crippen LogP contribution in [-0.2, 0) is 0 Å². The maximum atomic E-state index is 13.6. The summed E-state index contributed by atoms with van der Waals surface area (Å²) in [7, 11) is 0. The van der Waals surface area contributed by atoms with Crippen molar-refractivity contribution in [3.63, 3.8) is 0 Å². The first-order valence-electron chi connectivity index (χ1n) is 8.14. The van der Waals surface area contributed by atoms with Gasteiger partial charge in [-0.15, -0.1) is 0 Å². The predicted octanol–water partition coefficient (Wildman–Crippen LogP) is 4.70. The number of nitrogens with zero attached hydrogens (tertiary/aromatic N) is 1. The van der Waals surface area contributed by atoms with Gasteiger partial charge in [0, 0.05) is 11.3 Å². The van der Waals surface area contributed by atoms with Crippen LogP contribution in [0.25, 0.3) is 0 Å². The number of hydrogen-bond acceptors (Lipinski definition) is 4. The van der Waals surface area contributed by atoms with Gasteiger partial charge < -0.3 is 10.6 Å². The number of ketones is 1. The molecular weight excluding hydrogens is 371 g/mol. The lowest BCUT2D eigenvalue weighted by molar-refractivity contribution is 0.101. The Hall–Kier alpha value is -3.68. The molecule has 142 valence electrons. The van der Waals surface area contributed by atoms with Crippen LogP contribution < -0.4 is 10.6 Å². The number of Topliss-reactive ketones (excluding diaryl/α,β-unsaturated/α-hetero) is 1. The fraction of sp³-hybridized carbons (Fsp3) is 0.0500. The van der Waals surface area contributed by atoms with Gasteiger partial charge in [-0.1, -0.05) is 0 Å². The Kier molecular flexibility index (Phi) is 5.39. The number of halogens is 3. The number of carbonyl (C=O) groups excluding carboxylic acids is 2. The van der Waals surface area contributed by atoms with Crippen LogP contribution >= 0.6 is 0 Å². The second kappa shape index (κ2) is 7.91. The zero-order chi connectivity index (χ0) is 20.3. The minimum absolute atomic E-state index is 0.0402. The van der Waals surface area contributed by atoms with Crippen molar-refractivity contribution in [3.05, 3.63) is 83.4 Å². The molecule has 3 aromatic rings. The van der Waals surface area contributed by atoms with E-state index < -0.39 is 29.0 Å². The molecule has 0 saturated carbocycles. The number of carbonyl (C=O) groups is 2. The average Bonchev–Trinajstić information content (AvgIpc) is 2.69. The van der Waals surface area contributed by atoms with Crippen molar-refractivity contribution in [1.82, 2.24) is 4.98 Å². The first-order valence-corrected chi connectivity index (χ1v) is 8.14. The van der Waals surface area contributed by atoms with Gasteiger partial charge in [-0.2, -0.15) is 0 Å². The number of pyridine rings is 1. The summed E-state index contributed by atoms with van der Waals surface area (Å²) in [6.45, 7) is 1.47. The van der Waals surface area contributed by atoms with Gasteiger partial charge in [0.2, 0.25) is 0 Å². The number of anilines is 3. The fourth-order valence-corrected chi connectivity index (χ4v) is 2.37. The van der Waals surface area contributed by atoms with Gasteiger partial charge in [0.15, 0.2) is 23.2 Å². The molecule has 0 aliphatic heterocycles. The zero-order valence-corrected chi connectivity index (χ0v) is 14.6. The minimum atomic E-state index is -1.67. The van der Waals surface area contributed by atoms with Crippen LogP contribution in [0.2, 0.25) is 0 Å². The van der Waals surface area contributed by atoms with Gasteiger partial charge in [-0.25, -0.2) is 18.2 Å². The lowest BCUT2D eigenvalue weighted by Crippen LogP contribution is -2.15. The number of benzene rings is 2. The molecular formula is C20H14F3N3O2. The minimum Gasteiger partial charge on any atom is -0.354 e. The Morgan fingerprint density at radius 3 is 2.14 bits per heavy atom. The van der Waals surface area contributed by atoms with Gasteiger partial charge >= 0.3 is 0 Å². The third-order valence-electron chi connectivity index (χ3n) is 3.86. The molecule has 0 fully saturated rings. The number of amides is 1. The van der Waals surface area contributed by atoms with Gasteiger partial charge in [0.1, 0.15) is 5.69 Å². The van der Waals surface area contributed by atoms with Gasteiger partial charge in [0.25, 0.3) is 5.91 Å². The van der Waals surface area contributed by atoms with Crippen LogP contribution in [0.1, 0.15) is 27.8 Å². The Morgan fingerprint density at radius 1 is 0.857 bits per heavy atom. The van der Waals surface area contributed by atoms with E-state index in [2.05, 4.69) is 15.6 Å². The molecule has 0 aliphatic carbocycles. The standard InChI is InChI=1S/C20H14F3N3O2/c1-11(27)12-2-4-13(5-3-12)25-14-6-8-17(24-10-14)20(28)26-16-9-7-15(21)18(22)19(16)23/h2-10,25H,1H3,(H,26,28). The molecule has 8 heteroatoms. The summed E-state index contributed by atoms with van der Waals surface area (Å²) in [5.41, 5.74) is 1.35. The Morgan fingerprint density at radius 2 is 1.54 bits per heavy atom. The summed E-state index contributed by atoms with van der Waals surface area (Å²) in [6.07, 6.45) is 1.38. The van der Waals surface area contributed by atoms with Crippen molar-refractivity contribution in [3.8, 4) is 0 Å². The molecule has 28 heavy (non-hydrogen) atoms. The largest absolute Gasteiger partial charge is 0.354 e. The smallest absolute Gasteiger partial charge is 0.274 e. The van der Waals surface area contributed by atoms with Crippen molar-refractivity contribution >= 4 is 28.8 Å². The van der Waals surface area contributed by atoms with E-state index in [0.29, 0.717) is 23.0 Å². The van der Waals surface area contributed by atoms with Crippen LogP contribution in [0.4, 0.5) is 30.2 Å². The van der Waals surface area contributed by atoms with Gasteiger partial charge in [0.05, 0.1) is 17.6 Å². The highest BCUT2D eigenvalue weighted by Gasteiger charge is 2.16. The Labute approximate surface area is 158 Å². The lowest BCUT2D eigenvalue weighted by Gasteiger charge is -2.09. The second-order valence-electron chi connectivity index (χ2n) is 5.87. The van der Waals surface area contributed by atoms with Gasteiger partial charge in [-0.05, 0) is 55.5 Å². The molecule has 3 rings (SSSR count). The molecule has 0 saturated heterocycles. The van der Waals surface area contributed by atoms with Crippen LogP contribution in [0, 0.1) is 17.5 Å². The number of aromatic nitrogens is 1. The summed E-state index contributed by atoms with van der Waals surface area (Å²) in [5.74, 6) is -5.31. The molecule has 1 amide bonds. The van der Waals surface area contributed by atoms with Gasteiger partial charge in [-0.3, -0.25) is 9.59 Å². The molecule has 2 aromatic carbocycles. The highest BCUT2D eigenvalue weighted by Crippen LogP contribution is 2.21. The van der Waals surface area contributed by atoms with E-state index in [1.165, 1.54) is 19.2 Å². The van der Waals surface area contributed by atoms with Crippen molar-refractivity contribution in [1.29, 1.82) is 0 Å². The van der Waals surface area contributed by atoms with Crippen molar-refractivity contribution < 1.29 is 22.8 Å². The predicted molar refractivity (Wildman–Crippen MR) is 98.2 cm³/mol. The van der Waals surface area contributed by atoms with E-state index in [4.69, 9.17) is 0 Å². The maximum absolute atomic E-state index is 13.6. The average molecular weight is 385 g/mol. The number of nitrogens with one attached hydrogen (secondary N) is 2. The van der Waals surface area contributed by atoms with Crippen LogP contribution in [0.3, 0.4) is 0 Å². The van der Waals surface area contributed by atoms with E-state index >= 15 is 0 Å². The number of hydrogen-bond donors (Lipinski definition) is 2. The highest BCUT2D eigenvalue weighted by molar-refractivity contribution is 6.03. The van der Waals surface area contributed by atoms with Crippen LogP contribution in [-0.4, -0.2) is 16.7 Å². The third kappa shape index (κ3) is 4.17. The first-order chi connectivity index (χ1) is 13.3. The topological polar surface area (TPSA) is 71.1 Å². The van der Waals surface area contributed by atoms with E-state index in [1.807, 2.05) is 0 Å². The monoisotopic (exact) mass is 385 g/mol. The Bertz CT molecular complexity index is 1040. The van der Waals surface area contributed by atoms with Crippen molar-refractivity contribution in [2.24, 2.45) is 0 Å². The zero-order valence-electron chi connectivity index (χ0n) is 14.6. The normalized spacial score (nSPS) is 10.4. The summed E-state index contributed by atoms with van der Waals surface area (Å²) >= 11 is 0. The third-order valence-corrected chi connectivity index (χ3v) is 3.86. The van der Waals surface area contributed by atoms with Crippen LogP contribution in [0.15, 0.2) is 54.7 Å². The van der Waals surface area contributed by atoms with Crippen molar-refractivity contribution in [2.75, 3.05) is 10.6 Å². The molecule has 0 radical (unpaired) electrons. The van der Waals surface area contributed by atoms with E-state index in [0.717, 1.165) is 6.07 Å².